The van der Waals surface area contributed by atoms with Gasteiger partial charge in [-0.05, 0) is 58.4 Å². The molecule has 0 amide bonds. The van der Waals surface area contributed by atoms with E-state index in [4.69, 9.17) is 9.51 Å². The number of pyridine rings is 1. The standard InChI is InChI=1S/C21H24FN5O/c1-13-11-17(25-21(24-13)20-14(2)26-28-15(20)3)19-8-4-5-10-27(19)12-18-16(22)7-6-9-23-18/h6-7,9,11,19H,4-5,8,10,12H2,1-3H3/t19-/m0/s1. The average Bonchev–Trinajstić information content (AvgIpc) is 3.02. The first-order valence-corrected chi connectivity index (χ1v) is 9.65. The molecule has 0 radical (unpaired) electrons. The van der Waals surface area contributed by atoms with Gasteiger partial charge in [-0.15, -0.1) is 0 Å². The number of hydrogen-bond donors (Lipinski definition) is 0. The van der Waals surface area contributed by atoms with E-state index in [1.165, 1.54) is 6.07 Å². The first kappa shape index (κ1) is 18.7. The molecule has 0 N–H and O–H groups in total. The van der Waals surface area contributed by atoms with Gasteiger partial charge in [0.15, 0.2) is 5.82 Å². The fourth-order valence-corrected chi connectivity index (χ4v) is 3.92. The number of aryl methyl sites for hydroxylation is 3. The maximum Gasteiger partial charge on any atom is 0.165 e. The van der Waals surface area contributed by atoms with Crippen LogP contribution in [-0.2, 0) is 6.54 Å². The number of nitrogens with zero attached hydrogens (tertiary/aromatic N) is 5. The lowest BCUT2D eigenvalue weighted by Crippen LogP contribution is -2.34. The van der Waals surface area contributed by atoms with Gasteiger partial charge in [-0.25, -0.2) is 14.4 Å². The van der Waals surface area contributed by atoms with Crippen molar-refractivity contribution in [2.75, 3.05) is 6.54 Å². The summed E-state index contributed by atoms with van der Waals surface area (Å²) in [6.45, 7) is 7.11. The van der Waals surface area contributed by atoms with Crippen LogP contribution in [0.4, 0.5) is 4.39 Å². The van der Waals surface area contributed by atoms with Crippen molar-refractivity contribution >= 4 is 0 Å². The molecule has 0 bridgehead atoms. The molecule has 1 aliphatic heterocycles. The predicted octanol–water partition coefficient (Wildman–Crippen LogP) is 4.32. The molecule has 0 unspecified atom stereocenters. The molecule has 1 aliphatic rings. The molecule has 0 spiro atoms. The van der Waals surface area contributed by atoms with Gasteiger partial charge in [-0.2, -0.15) is 0 Å². The summed E-state index contributed by atoms with van der Waals surface area (Å²) in [5.74, 6) is 1.09. The molecule has 4 rings (SSSR count). The molecule has 0 aromatic carbocycles. The molecule has 0 aliphatic carbocycles. The molecule has 3 aromatic heterocycles. The van der Waals surface area contributed by atoms with Gasteiger partial charge in [0.2, 0.25) is 0 Å². The third kappa shape index (κ3) is 3.67. The van der Waals surface area contributed by atoms with Crippen molar-refractivity contribution in [2.24, 2.45) is 0 Å². The molecule has 7 heteroatoms. The summed E-state index contributed by atoms with van der Waals surface area (Å²) < 4.78 is 19.4. The summed E-state index contributed by atoms with van der Waals surface area (Å²) in [6.07, 6.45) is 4.83. The van der Waals surface area contributed by atoms with Gasteiger partial charge >= 0.3 is 0 Å². The molecule has 3 aromatic rings. The summed E-state index contributed by atoms with van der Waals surface area (Å²) >= 11 is 0. The Morgan fingerprint density at radius 3 is 2.82 bits per heavy atom. The Morgan fingerprint density at radius 2 is 2.07 bits per heavy atom. The van der Waals surface area contributed by atoms with E-state index in [0.717, 1.165) is 48.5 Å². The molecular weight excluding hydrogens is 357 g/mol. The highest BCUT2D eigenvalue weighted by atomic mass is 19.1. The molecule has 4 heterocycles. The Morgan fingerprint density at radius 1 is 1.21 bits per heavy atom. The zero-order chi connectivity index (χ0) is 19.7. The van der Waals surface area contributed by atoms with Gasteiger partial charge in [-0.3, -0.25) is 9.88 Å². The van der Waals surface area contributed by atoms with Gasteiger partial charge in [0, 0.05) is 18.4 Å². The maximum absolute atomic E-state index is 14.1. The highest BCUT2D eigenvalue weighted by Gasteiger charge is 2.27. The van der Waals surface area contributed by atoms with E-state index in [2.05, 4.69) is 20.0 Å². The molecule has 1 saturated heterocycles. The lowest BCUT2D eigenvalue weighted by atomic mass is 9.98. The topological polar surface area (TPSA) is 67.9 Å². The SMILES string of the molecule is Cc1cc([C@@H]2CCCCN2Cc2ncccc2F)nc(-c2c(C)noc2C)n1. The predicted molar refractivity (Wildman–Crippen MR) is 103 cm³/mol. The van der Waals surface area contributed by atoms with Gasteiger partial charge in [0.1, 0.15) is 11.6 Å². The van der Waals surface area contributed by atoms with Crippen molar-refractivity contribution in [1.29, 1.82) is 0 Å². The van der Waals surface area contributed by atoms with Gasteiger partial charge < -0.3 is 4.52 Å². The third-order valence-electron chi connectivity index (χ3n) is 5.27. The van der Waals surface area contributed by atoms with Crippen LogP contribution >= 0.6 is 0 Å². The number of piperidine rings is 1. The Kier molecular flexibility index (Phi) is 5.17. The van der Waals surface area contributed by atoms with Crippen LogP contribution < -0.4 is 0 Å². The van der Waals surface area contributed by atoms with Crippen molar-refractivity contribution in [2.45, 2.75) is 52.6 Å². The van der Waals surface area contributed by atoms with Crippen molar-refractivity contribution in [3.63, 3.8) is 0 Å². The number of likely N-dealkylation sites (tertiary alicyclic amines) is 1. The smallest absolute Gasteiger partial charge is 0.165 e. The van der Waals surface area contributed by atoms with Gasteiger partial charge in [0.05, 0.1) is 28.7 Å². The Balaban J connectivity index is 1.69. The fourth-order valence-electron chi connectivity index (χ4n) is 3.92. The van der Waals surface area contributed by atoms with Crippen LogP contribution in [0.1, 0.15) is 53.8 Å². The Labute approximate surface area is 163 Å². The summed E-state index contributed by atoms with van der Waals surface area (Å²) in [6, 6.07) is 5.22. The fraction of sp³-hybridized carbons (Fsp3) is 0.429. The molecular formula is C21H24FN5O. The van der Waals surface area contributed by atoms with E-state index in [0.29, 0.717) is 23.8 Å². The Bertz CT molecular complexity index is 967. The maximum atomic E-state index is 14.1. The van der Waals surface area contributed by atoms with Crippen molar-refractivity contribution in [3.8, 4) is 11.4 Å². The second kappa shape index (κ2) is 7.75. The molecule has 6 nitrogen and oxygen atoms in total. The second-order valence-corrected chi connectivity index (χ2v) is 7.37. The van der Waals surface area contributed by atoms with Gasteiger partial charge in [0.25, 0.3) is 0 Å². The minimum absolute atomic E-state index is 0.107. The zero-order valence-corrected chi connectivity index (χ0v) is 16.4. The van der Waals surface area contributed by atoms with Crippen LogP contribution in [-0.4, -0.2) is 31.6 Å². The quantitative estimate of drug-likeness (QED) is 0.670. The van der Waals surface area contributed by atoms with Crippen LogP contribution in [0, 0.1) is 26.6 Å². The molecule has 1 atom stereocenters. The number of halogens is 1. The highest BCUT2D eigenvalue weighted by molar-refractivity contribution is 5.60. The van der Waals surface area contributed by atoms with E-state index in [-0.39, 0.29) is 11.9 Å². The normalized spacial score (nSPS) is 17.8. The molecule has 0 saturated carbocycles. The van der Waals surface area contributed by atoms with Crippen molar-refractivity contribution in [3.05, 3.63) is 58.7 Å². The van der Waals surface area contributed by atoms with Gasteiger partial charge in [-0.1, -0.05) is 11.6 Å². The van der Waals surface area contributed by atoms with E-state index in [1.807, 2.05) is 26.8 Å². The van der Waals surface area contributed by atoms with E-state index < -0.39 is 0 Å². The van der Waals surface area contributed by atoms with Crippen molar-refractivity contribution in [1.82, 2.24) is 25.0 Å². The van der Waals surface area contributed by atoms with E-state index in [1.54, 1.807) is 12.3 Å². The monoisotopic (exact) mass is 381 g/mol. The first-order chi connectivity index (χ1) is 13.5. The van der Waals surface area contributed by atoms with Crippen LogP contribution in [0.3, 0.4) is 0 Å². The Hall–Kier alpha value is -2.67. The summed E-state index contributed by atoms with van der Waals surface area (Å²) in [5.41, 5.74) is 3.97. The largest absolute Gasteiger partial charge is 0.361 e. The second-order valence-electron chi connectivity index (χ2n) is 7.37. The summed E-state index contributed by atoms with van der Waals surface area (Å²) in [4.78, 5) is 16.0. The summed E-state index contributed by atoms with van der Waals surface area (Å²) in [7, 11) is 0. The first-order valence-electron chi connectivity index (χ1n) is 9.65. The van der Waals surface area contributed by atoms with E-state index in [9.17, 15) is 4.39 Å². The lowest BCUT2D eigenvalue weighted by molar-refractivity contribution is 0.133. The van der Waals surface area contributed by atoms with E-state index >= 15 is 0 Å². The lowest BCUT2D eigenvalue weighted by Gasteiger charge is -2.35. The molecule has 146 valence electrons. The van der Waals surface area contributed by atoms with Crippen LogP contribution in [0.25, 0.3) is 11.4 Å². The molecule has 1 fully saturated rings. The minimum Gasteiger partial charge on any atom is -0.361 e. The van der Waals surface area contributed by atoms with Crippen LogP contribution in [0.5, 0.6) is 0 Å². The van der Waals surface area contributed by atoms with Crippen LogP contribution in [0.2, 0.25) is 0 Å². The number of rotatable bonds is 4. The zero-order valence-electron chi connectivity index (χ0n) is 16.4. The third-order valence-corrected chi connectivity index (χ3v) is 5.27. The molecule has 28 heavy (non-hydrogen) atoms. The number of aromatic nitrogens is 4. The van der Waals surface area contributed by atoms with Crippen LogP contribution in [0.15, 0.2) is 28.9 Å². The minimum atomic E-state index is -0.262. The number of hydrogen-bond acceptors (Lipinski definition) is 6. The van der Waals surface area contributed by atoms with Crippen molar-refractivity contribution < 1.29 is 8.91 Å². The summed E-state index contributed by atoms with van der Waals surface area (Å²) in [5, 5.41) is 4.03. The average molecular weight is 381 g/mol. The highest BCUT2D eigenvalue weighted by Crippen LogP contribution is 2.33.